The van der Waals surface area contributed by atoms with Crippen molar-refractivity contribution in [3.05, 3.63) is 28.2 Å². The Morgan fingerprint density at radius 2 is 2.45 bits per heavy atom. The highest BCUT2D eigenvalue weighted by Crippen LogP contribution is 2.15. The van der Waals surface area contributed by atoms with E-state index in [-0.39, 0.29) is 11.4 Å². The predicted molar refractivity (Wildman–Crippen MR) is 39.7 cm³/mol. The van der Waals surface area contributed by atoms with Gasteiger partial charge in [-0.3, -0.25) is 10.1 Å². The van der Waals surface area contributed by atoms with Crippen molar-refractivity contribution in [3.63, 3.8) is 0 Å². The van der Waals surface area contributed by atoms with Gasteiger partial charge in [0, 0.05) is 0 Å². The van der Waals surface area contributed by atoms with E-state index in [0.717, 1.165) is 12.3 Å². The van der Waals surface area contributed by atoms with Crippen molar-refractivity contribution in [2.24, 2.45) is 0 Å². The second kappa shape index (κ2) is 2.67. The Morgan fingerprint density at radius 1 is 1.82 bits per heavy atom. The minimum Gasteiger partial charge on any atom is -0.496 e. The van der Waals surface area contributed by atoms with E-state index in [4.69, 9.17) is 5.11 Å². The first kappa shape index (κ1) is 7.67. The number of hydrogen-bond donors (Lipinski definition) is 1. The number of aliphatic hydroxyl groups excluding tert-OH is 1. The molecule has 0 aliphatic carbocycles. The molecule has 1 aromatic heterocycles. The molecule has 0 aliphatic rings. The third kappa shape index (κ3) is 1.53. The van der Waals surface area contributed by atoms with Crippen LogP contribution in [0.2, 0.25) is 0 Å². The van der Waals surface area contributed by atoms with Crippen LogP contribution in [0.15, 0.2) is 16.7 Å². The third-order valence-corrected chi connectivity index (χ3v) is 1.21. The first-order valence-corrected chi connectivity index (χ1v) is 2.98. The van der Waals surface area contributed by atoms with Crippen molar-refractivity contribution in [3.8, 4) is 0 Å². The normalized spacial score (nSPS) is 9.45. The van der Waals surface area contributed by atoms with Gasteiger partial charge in [-0.1, -0.05) is 0 Å². The maximum absolute atomic E-state index is 10.1. The van der Waals surface area contributed by atoms with Crippen molar-refractivity contribution < 1.29 is 14.4 Å². The second-order valence-electron chi connectivity index (χ2n) is 1.73. The average Bonchev–Trinajstić information content (AvgIpc) is 2.33. The number of nitro groups is 1. The van der Waals surface area contributed by atoms with Crippen LogP contribution in [-0.4, -0.2) is 15.1 Å². The Hall–Kier alpha value is -1.43. The Labute approximate surface area is 66.4 Å². The van der Waals surface area contributed by atoms with Gasteiger partial charge in [0.1, 0.15) is 0 Å². The summed E-state index contributed by atoms with van der Waals surface area (Å²) in [7, 11) is 0. The van der Waals surface area contributed by atoms with Crippen LogP contribution in [0.25, 0.3) is 0 Å². The SMILES string of the molecule is O=[N+]([O-])c1coc(C(O)=S)c1. The van der Waals surface area contributed by atoms with E-state index in [1.807, 2.05) is 0 Å². The van der Waals surface area contributed by atoms with Gasteiger partial charge in [-0.05, 0) is 12.2 Å². The zero-order chi connectivity index (χ0) is 8.43. The summed E-state index contributed by atoms with van der Waals surface area (Å²) in [6, 6.07) is 1.06. The molecule has 0 bridgehead atoms. The van der Waals surface area contributed by atoms with E-state index >= 15 is 0 Å². The average molecular weight is 173 g/mol. The summed E-state index contributed by atoms with van der Waals surface area (Å²) in [6.45, 7) is 0. The fraction of sp³-hybridized carbons (Fsp3) is 0. The van der Waals surface area contributed by atoms with Crippen molar-refractivity contribution >= 4 is 23.0 Å². The van der Waals surface area contributed by atoms with Crippen LogP contribution in [0.5, 0.6) is 0 Å². The van der Waals surface area contributed by atoms with Crippen LogP contribution in [0.1, 0.15) is 5.76 Å². The number of thiocarbonyl (C=S) groups is 1. The summed E-state index contributed by atoms with van der Waals surface area (Å²) >= 11 is 4.30. The molecule has 0 spiro atoms. The fourth-order valence-corrected chi connectivity index (χ4v) is 0.641. The van der Waals surface area contributed by atoms with Crippen LogP contribution < -0.4 is 0 Å². The molecule has 0 unspecified atom stereocenters. The topological polar surface area (TPSA) is 76.5 Å². The van der Waals surface area contributed by atoms with E-state index in [2.05, 4.69) is 16.6 Å². The van der Waals surface area contributed by atoms with Gasteiger partial charge in [0.25, 0.3) is 0 Å². The summed E-state index contributed by atoms with van der Waals surface area (Å²) in [5, 5.41) is 18.2. The molecule has 58 valence electrons. The predicted octanol–water partition coefficient (Wildman–Crippen LogP) is 1.42. The molecule has 1 aromatic rings. The fourth-order valence-electron chi connectivity index (χ4n) is 0.534. The summed E-state index contributed by atoms with van der Waals surface area (Å²) in [5.41, 5.74) is -0.226. The van der Waals surface area contributed by atoms with E-state index in [1.165, 1.54) is 0 Å². The number of nitrogens with zero attached hydrogens (tertiary/aromatic N) is 1. The molecule has 11 heavy (non-hydrogen) atoms. The van der Waals surface area contributed by atoms with Crippen LogP contribution in [0.3, 0.4) is 0 Å². The Bertz CT molecular complexity index is 277. The molecule has 0 radical (unpaired) electrons. The minimum absolute atomic E-state index is 0.0632. The highest BCUT2D eigenvalue weighted by Gasteiger charge is 2.12. The van der Waals surface area contributed by atoms with Crippen molar-refractivity contribution in [2.75, 3.05) is 0 Å². The van der Waals surface area contributed by atoms with E-state index in [1.54, 1.807) is 0 Å². The molecule has 1 heterocycles. The van der Waals surface area contributed by atoms with Crippen molar-refractivity contribution in [1.29, 1.82) is 0 Å². The number of rotatable bonds is 2. The van der Waals surface area contributed by atoms with Gasteiger partial charge in [0.15, 0.2) is 12.0 Å². The van der Waals surface area contributed by atoms with E-state index < -0.39 is 9.97 Å². The zero-order valence-corrected chi connectivity index (χ0v) is 6.00. The standard InChI is InChI=1S/C5H3NO4S/c7-5(11)4-1-3(2-10-4)6(8)9/h1-2H,(H,7,11). The molecule has 0 atom stereocenters. The van der Waals surface area contributed by atoms with Crippen molar-refractivity contribution in [2.45, 2.75) is 0 Å². The summed E-state index contributed by atoms with van der Waals surface area (Å²) < 4.78 is 4.55. The Balaban J connectivity index is 2.99. The molecule has 6 heteroatoms. The van der Waals surface area contributed by atoms with Crippen LogP contribution in [0.4, 0.5) is 5.69 Å². The lowest BCUT2D eigenvalue weighted by Crippen LogP contribution is -1.90. The summed E-state index contributed by atoms with van der Waals surface area (Å²) in [5.74, 6) is -0.0632. The van der Waals surface area contributed by atoms with Gasteiger partial charge in [-0.2, -0.15) is 0 Å². The molecule has 1 N–H and O–H groups in total. The Kier molecular flexibility index (Phi) is 1.86. The summed E-state index contributed by atoms with van der Waals surface area (Å²) in [6.07, 6.45) is 0.915. The molecular formula is C5H3NO4S. The first-order chi connectivity index (χ1) is 5.11. The second-order valence-corrected chi connectivity index (χ2v) is 2.12. The number of aliphatic hydroxyl groups is 1. The highest BCUT2D eigenvalue weighted by molar-refractivity contribution is 7.80. The van der Waals surface area contributed by atoms with Gasteiger partial charge in [-0.25, -0.2) is 0 Å². The van der Waals surface area contributed by atoms with Crippen LogP contribution in [-0.2, 0) is 0 Å². The lowest BCUT2D eigenvalue weighted by atomic mass is 10.4. The quantitative estimate of drug-likeness (QED) is 0.415. The molecule has 0 saturated carbocycles. The smallest absolute Gasteiger partial charge is 0.308 e. The van der Waals surface area contributed by atoms with Gasteiger partial charge in [0.2, 0.25) is 5.05 Å². The van der Waals surface area contributed by atoms with Crippen LogP contribution >= 0.6 is 12.2 Å². The zero-order valence-electron chi connectivity index (χ0n) is 5.18. The largest absolute Gasteiger partial charge is 0.496 e. The summed E-state index contributed by atoms with van der Waals surface area (Å²) in [4.78, 5) is 9.42. The van der Waals surface area contributed by atoms with Crippen LogP contribution in [0, 0.1) is 10.1 Å². The monoisotopic (exact) mass is 173 g/mol. The molecule has 0 saturated heterocycles. The molecule has 0 fully saturated rings. The Morgan fingerprint density at radius 3 is 2.73 bits per heavy atom. The maximum atomic E-state index is 10.1. The van der Waals surface area contributed by atoms with Gasteiger partial charge in [-0.15, -0.1) is 0 Å². The van der Waals surface area contributed by atoms with Crippen molar-refractivity contribution in [1.82, 2.24) is 0 Å². The molecule has 0 aromatic carbocycles. The third-order valence-electron chi connectivity index (χ3n) is 1.01. The first-order valence-electron chi connectivity index (χ1n) is 2.57. The molecule has 0 aliphatic heterocycles. The minimum atomic E-state index is -0.634. The molecule has 0 amide bonds. The van der Waals surface area contributed by atoms with Gasteiger partial charge >= 0.3 is 5.69 Å². The highest BCUT2D eigenvalue weighted by atomic mass is 32.1. The molecular weight excluding hydrogens is 170 g/mol. The number of furan rings is 1. The number of hydrogen-bond acceptors (Lipinski definition) is 4. The molecule has 1 rings (SSSR count). The lowest BCUT2D eigenvalue weighted by molar-refractivity contribution is -0.385. The van der Waals surface area contributed by atoms with Gasteiger partial charge in [0.05, 0.1) is 11.0 Å². The van der Waals surface area contributed by atoms with E-state index in [9.17, 15) is 10.1 Å². The lowest BCUT2D eigenvalue weighted by Gasteiger charge is -1.82. The molecule has 5 nitrogen and oxygen atoms in total. The van der Waals surface area contributed by atoms with E-state index in [0.29, 0.717) is 0 Å². The van der Waals surface area contributed by atoms with Gasteiger partial charge < -0.3 is 9.52 Å². The maximum Gasteiger partial charge on any atom is 0.308 e.